The zero-order chi connectivity index (χ0) is 18.6. The Hall–Kier alpha value is -2.64. The summed E-state index contributed by atoms with van der Waals surface area (Å²) < 4.78 is 14.4. The topological polar surface area (TPSA) is 91.8 Å². The molecule has 9 heteroatoms. The molecular formula is C16H11Cl2NO6. The molecule has 0 saturated carbocycles. The maximum absolute atomic E-state index is 12.2. The smallest absolute Gasteiger partial charge is 0.343 e. The molecule has 25 heavy (non-hydrogen) atoms. The van der Waals surface area contributed by atoms with Gasteiger partial charge in [-0.2, -0.15) is 0 Å². The van der Waals surface area contributed by atoms with Crippen molar-refractivity contribution >= 4 is 41.1 Å². The van der Waals surface area contributed by atoms with E-state index in [1.807, 2.05) is 0 Å². The highest BCUT2D eigenvalue weighted by Crippen LogP contribution is 2.22. The van der Waals surface area contributed by atoms with Gasteiger partial charge < -0.3 is 14.2 Å². The van der Waals surface area contributed by atoms with Crippen LogP contribution in [0, 0.1) is 0 Å². The summed E-state index contributed by atoms with van der Waals surface area (Å²) in [7, 11) is 2.36. The number of carbonyl (C=O) groups excluding carboxylic acids is 3. The summed E-state index contributed by atoms with van der Waals surface area (Å²) in [5.41, 5.74) is 0.0751. The van der Waals surface area contributed by atoms with Crippen LogP contribution in [0.3, 0.4) is 0 Å². The van der Waals surface area contributed by atoms with Crippen LogP contribution in [0.1, 0.15) is 31.1 Å². The first kappa shape index (κ1) is 18.7. The minimum absolute atomic E-state index is 0.0120. The summed E-state index contributed by atoms with van der Waals surface area (Å²) in [4.78, 5) is 39.4. The zero-order valence-corrected chi connectivity index (χ0v) is 14.6. The lowest BCUT2D eigenvalue weighted by molar-refractivity contribution is 0.0593. The molecule has 0 aliphatic rings. The third-order valence-corrected chi connectivity index (χ3v) is 3.35. The molecule has 0 fully saturated rings. The van der Waals surface area contributed by atoms with Gasteiger partial charge in [0.25, 0.3) is 0 Å². The van der Waals surface area contributed by atoms with Gasteiger partial charge in [-0.3, -0.25) is 0 Å². The van der Waals surface area contributed by atoms with E-state index in [2.05, 4.69) is 14.5 Å². The Morgan fingerprint density at radius 1 is 0.760 bits per heavy atom. The number of hydrogen-bond acceptors (Lipinski definition) is 7. The zero-order valence-electron chi connectivity index (χ0n) is 13.0. The number of carbonyl (C=O) groups is 3. The van der Waals surface area contributed by atoms with E-state index in [9.17, 15) is 14.4 Å². The highest BCUT2D eigenvalue weighted by molar-refractivity contribution is 6.33. The van der Waals surface area contributed by atoms with Crippen LogP contribution in [0.15, 0.2) is 30.3 Å². The predicted molar refractivity (Wildman–Crippen MR) is 88.3 cm³/mol. The predicted octanol–water partition coefficient (Wildman–Crippen LogP) is 3.18. The molecule has 0 N–H and O–H groups in total. The molecule has 0 atom stereocenters. The van der Waals surface area contributed by atoms with Crippen LogP contribution in [-0.2, 0) is 9.47 Å². The van der Waals surface area contributed by atoms with Crippen LogP contribution in [0.4, 0.5) is 0 Å². The fraction of sp³-hybridized carbons (Fsp3) is 0.125. The maximum Gasteiger partial charge on any atom is 0.343 e. The Morgan fingerprint density at radius 2 is 1.20 bits per heavy atom. The van der Waals surface area contributed by atoms with Crippen molar-refractivity contribution in [3.63, 3.8) is 0 Å². The van der Waals surface area contributed by atoms with Crippen molar-refractivity contribution in [1.82, 2.24) is 4.98 Å². The van der Waals surface area contributed by atoms with Gasteiger partial charge in [-0.1, -0.05) is 23.2 Å². The van der Waals surface area contributed by atoms with Crippen molar-refractivity contribution in [1.29, 1.82) is 0 Å². The van der Waals surface area contributed by atoms with Gasteiger partial charge in [-0.25, -0.2) is 19.4 Å². The lowest BCUT2D eigenvalue weighted by Crippen LogP contribution is -2.12. The molecule has 1 aromatic carbocycles. The minimum atomic E-state index is -0.802. The van der Waals surface area contributed by atoms with Gasteiger partial charge in [0.15, 0.2) is 0 Å². The van der Waals surface area contributed by atoms with Crippen molar-refractivity contribution < 1.29 is 28.6 Å². The van der Waals surface area contributed by atoms with Gasteiger partial charge in [-0.05, 0) is 30.3 Å². The van der Waals surface area contributed by atoms with Gasteiger partial charge in [0.1, 0.15) is 16.1 Å². The molecular weight excluding hydrogens is 373 g/mol. The van der Waals surface area contributed by atoms with E-state index in [0.717, 1.165) is 0 Å². The second-order valence-electron chi connectivity index (χ2n) is 4.62. The van der Waals surface area contributed by atoms with Crippen LogP contribution >= 0.6 is 23.2 Å². The number of halogens is 2. The first-order chi connectivity index (χ1) is 11.8. The largest absolute Gasteiger partial charge is 0.465 e. The highest BCUT2D eigenvalue weighted by atomic mass is 35.5. The quantitative estimate of drug-likeness (QED) is 0.454. The maximum atomic E-state index is 12.2. The van der Waals surface area contributed by atoms with Crippen molar-refractivity contribution in [2.45, 2.75) is 0 Å². The molecule has 2 rings (SSSR count). The van der Waals surface area contributed by atoms with E-state index < -0.39 is 17.9 Å². The molecule has 0 aliphatic heterocycles. The molecule has 2 aromatic rings. The number of methoxy groups -OCH3 is 2. The van der Waals surface area contributed by atoms with E-state index in [-0.39, 0.29) is 32.7 Å². The number of aromatic nitrogens is 1. The van der Waals surface area contributed by atoms with Gasteiger partial charge in [0, 0.05) is 0 Å². The summed E-state index contributed by atoms with van der Waals surface area (Å²) in [5.74, 6) is -2.28. The van der Waals surface area contributed by atoms with E-state index in [0.29, 0.717) is 0 Å². The number of esters is 3. The fourth-order valence-electron chi connectivity index (χ4n) is 1.88. The van der Waals surface area contributed by atoms with Crippen LogP contribution in [0.5, 0.6) is 5.75 Å². The molecule has 0 radical (unpaired) electrons. The number of hydrogen-bond donors (Lipinski definition) is 0. The lowest BCUT2D eigenvalue weighted by atomic mass is 10.1. The Morgan fingerprint density at radius 3 is 1.64 bits per heavy atom. The van der Waals surface area contributed by atoms with Crippen LogP contribution in [0.25, 0.3) is 0 Å². The van der Waals surface area contributed by atoms with E-state index in [1.165, 1.54) is 44.6 Å². The summed E-state index contributed by atoms with van der Waals surface area (Å²) in [6.07, 6.45) is 0. The SMILES string of the molecule is COC(=O)c1cc(OC(=O)c2cc(Cl)nc(Cl)c2)cc(C(=O)OC)c1. The van der Waals surface area contributed by atoms with Gasteiger partial charge >= 0.3 is 17.9 Å². The monoisotopic (exact) mass is 383 g/mol. The summed E-state index contributed by atoms with van der Waals surface area (Å²) in [6.45, 7) is 0. The number of benzene rings is 1. The summed E-state index contributed by atoms with van der Waals surface area (Å²) >= 11 is 11.5. The number of ether oxygens (including phenoxy) is 3. The molecule has 7 nitrogen and oxygen atoms in total. The van der Waals surface area contributed by atoms with E-state index >= 15 is 0 Å². The Bertz CT molecular complexity index is 798. The van der Waals surface area contributed by atoms with Crippen molar-refractivity contribution in [2.24, 2.45) is 0 Å². The number of nitrogens with zero attached hydrogens (tertiary/aromatic N) is 1. The molecule has 1 heterocycles. The Kier molecular flexibility index (Phi) is 5.95. The number of pyridine rings is 1. The molecule has 0 unspecified atom stereocenters. The minimum Gasteiger partial charge on any atom is -0.465 e. The summed E-state index contributed by atoms with van der Waals surface area (Å²) in [5, 5.41) is 0.0241. The van der Waals surface area contributed by atoms with E-state index in [4.69, 9.17) is 27.9 Å². The second-order valence-corrected chi connectivity index (χ2v) is 5.39. The van der Waals surface area contributed by atoms with E-state index in [1.54, 1.807) is 0 Å². The Balaban J connectivity index is 2.38. The third kappa shape index (κ3) is 4.68. The second kappa shape index (κ2) is 7.96. The van der Waals surface area contributed by atoms with Gasteiger partial charge in [0.2, 0.25) is 0 Å². The lowest BCUT2D eigenvalue weighted by Gasteiger charge is -2.09. The third-order valence-electron chi connectivity index (χ3n) is 2.96. The van der Waals surface area contributed by atoms with Crippen molar-refractivity contribution in [3.05, 3.63) is 57.3 Å². The van der Waals surface area contributed by atoms with Crippen LogP contribution in [0.2, 0.25) is 10.3 Å². The molecule has 0 spiro atoms. The first-order valence-corrected chi connectivity index (χ1v) is 7.46. The van der Waals surface area contributed by atoms with Crippen molar-refractivity contribution in [3.8, 4) is 5.75 Å². The normalized spacial score (nSPS) is 10.1. The van der Waals surface area contributed by atoms with Gasteiger partial charge in [-0.15, -0.1) is 0 Å². The molecule has 0 bridgehead atoms. The highest BCUT2D eigenvalue weighted by Gasteiger charge is 2.17. The summed E-state index contributed by atoms with van der Waals surface area (Å²) in [6, 6.07) is 6.29. The first-order valence-electron chi connectivity index (χ1n) is 6.71. The average molecular weight is 384 g/mol. The molecule has 0 amide bonds. The number of rotatable bonds is 4. The molecule has 1 aromatic heterocycles. The van der Waals surface area contributed by atoms with Gasteiger partial charge in [0.05, 0.1) is 30.9 Å². The average Bonchev–Trinajstić information content (AvgIpc) is 2.59. The fourth-order valence-corrected chi connectivity index (χ4v) is 2.34. The standard InChI is InChI=1S/C16H11Cl2NO6/c1-23-14(20)8-3-9(15(21)24-2)5-11(4-8)25-16(22)10-6-12(17)19-13(18)7-10/h3-7H,1-2H3. The van der Waals surface area contributed by atoms with Crippen molar-refractivity contribution in [2.75, 3.05) is 14.2 Å². The molecule has 0 aliphatic carbocycles. The molecule has 130 valence electrons. The Labute approximate surface area is 152 Å². The molecule has 0 saturated heterocycles. The van der Waals surface area contributed by atoms with Crippen LogP contribution < -0.4 is 4.74 Å². The van der Waals surface area contributed by atoms with Crippen LogP contribution in [-0.4, -0.2) is 37.1 Å².